The summed E-state index contributed by atoms with van der Waals surface area (Å²) in [7, 11) is 0. The number of halogens is 5. The van der Waals surface area contributed by atoms with Crippen LogP contribution in [0.1, 0.15) is 0 Å². The molecular formula is C10H5BrF4N4. The molecule has 100 valence electrons. The van der Waals surface area contributed by atoms with Crippen LogP contribution in [0, 0.1) is 23.3 Å². The summed E-state index contributed by atoms with van der Waals surface area (Å²) in [5.41, 5.74) is 4.36. The van der Waals surface area contributed by atoms with Gasteiger partial charge in [-0.05, 0) is 15.9 Å². The van der Waals surface area contributed by atoms with Gasteiger partial charge in [0.25, 0.3) is 0 Å². The number of benzene rings is 1. The van der Waals surface area contributed by atoms with Crippen molar-refractivity contribution in [3.63, 3.8) is 0 Å². The average molecular weight is 337 g/mol. The summed E-state index contributed by atoms with van der Waals surface area (Å²) in [5.74, 6) is -6.55. The molecule has 0 radical (unpaired) electrons. The molecule has 2 rings (SSSR count). The second-order valence-electron chi connectivity index (χ2n) is 3.41. The molecule has 0 aliphatic heterocycles. The van der Waals surface area contributed by atoms with Crippen LogP contribution in [0.2, 0.25) is 0 Å². The van der Waals surface area contributed by atoms with Crippen molar-refractivity contribution in [2.45, 2.75) is 0 Å². The van der Waals surface area contributed by atoms with Crippen LogP contribution in [0.4, 0.5) is 35.0 Å². The number of rotatable bonds is 2. The molecule has 4 nitrogen and oxygen atoms in total. The second kappa shape index (κ2) is 5.00. The summed E-state index contributed by atoms with van der Waals surface area (Å²) < 4.78 is 53.0. The van der Waals surface area contributed by atoms with Crippen molar-refractivity contribution in [2.24, 2.45) is 0 Å². The predicted octanol–water partition coefficient (Wildman–Crippen LogP) is 3.12. The van der Waals surface area contributed by atoms with Gasteiger partial charge >= 0.3 is 0 Å². The normalized spacial score (nSPS) is 10.6. The van der Waals surface area contributed by atoms with Gasteiger partial charge in [-0.3, -0.25) is 0 Å². The number of aromatic nitrogens is 2. The molecule has 0 saturated carbocycles. The Labute approximate surface area is 112 Å². The van der Waals surface area contributed by atoms with Gasteiger partial charge in [0, 0.05) is 12.1 Å². The number of anilines is 3. The lowest BCUT2D eigenvalue weighted by atomic mass is 10.2. The highest BCUT2D eigenvalue weighted by Gasteiger charge is 2.20. The van der Waals surface area contributed by atoms with Crippen LogP contribution in [0.15, 0.2) is 16.7 Å². The SMILES string of the molecule is Nc1cc(Br)nc(Nc2c(F)c(F)cc(F)c2F)n1. The average Bonchev–Trinajstić information content (AvgIpc) is 2.31. The Bertz CT molecular complexity index is 603. The van der Waals surface area contributed by atoms with Crippen molar-refractivity contribution in [3.8, 4) is 0 Å². The molecule has 0 aliphatic carbocycles. The smallest absolute Gasteiger partial charge is 0.230 e. The third kappa shape index (κ3) is 2.75. The molecule has 9 heteroatoms. The first-order valence-corrected chi connectivity index (χ1v) is 5.58. The van der Waals surface area contributed by atoms with E-state index >= 15 is 0 Å². The van der Waals surface area contributed by atoms with Crippen LogP contribution >= 0.6 is 15.9 Å². The molecule has 0 atom stereocenters. The van der Waals surface area contributed by atoms with Crippen molar-refractivity contribution >= 4 is 33.4 Å². The molecule has 0 saturated heterocycles. The Hall–Kier alpha value is -1.90. The zero-order valence-corrected chi connectivity index (χ0v) is 10.6. The first-order valence-electron chi connectivity index (χ1n) is 4.78. The van der Waals surface area contributed by atoms with Crippen LogP contribution in [-0.2, 0) is 0 Å². The van der Waals surface area contributed by atoms with Gasteiger partial charge in [0.2, 0.25) is 5.95 Å². The zero-order valence-electron chi connectivity index (χ0n) is 9.02. The Morgan fingerprint density at radius 2 is 1.58 bits per heavy atom. The van der Waals surface area contributed by atoms with E-state index in [2.05, 4.69) is 25.9 Å². The molecule has 0 fully saturated rings. The predicted molar refractivity (Wildman–Crippen MR) is 63.7 cm³/mol. The maximum absolute atomic E-state index is 13.4. The quantitative estimate of drug-likeness (QED) is 0.502. The summed E-state index contributed by atoms with van der Waals surface area (Å²) in [6, 6.07) is 1.44. The topological polar surface area (TPSA) is 63.8 Å². The third-order valence-corrected chi connectivity index (χ3v) is 2.47. The molecule has 0 spiro atoms. The lowest BCUT2D eigenvalue weighted by Crippen LogP contribution is -2.06. The highest BCUT2D eigenvalue weighted by atomic mass is 79.9. The standard InChI is InChI=1S/C10H5BrF4N4/c11-5-2-6(16)18-10(17-5)19-9-7(14)3(12)1-4(13)8(9)15/h1-2H,(H3,16,17,18,19). The van der Waals surface area contributed by atoms with Crippen molar-refractivity contribution in [2.75, 3.05) is 11.1 Å². The van der Waals surface area contributed by atoms with E-state index in [9.17, 15) is 17.6 Å². The van der Waals surface area contributed by atoms with Gasteiger partial charge in [0.05, 0.1) is 0 Å². The van der Waals surface area contributed by atoms with E-state index in [4.69, 9.17) is 5.73 Å². The maximum Gasteiger partial charge on any atom is 0.230 e. The molecule has 0 bridgehead atoms. The van der Waals surface area contributed by atoms with Gasteiger partial charge in [-0.15, -0.1) is 0 Å². The first kappa shape index (κ1) is 13.5. The maximum atomic E-state index is 13.4. The van der Waals surface area contributed by atoms with Crippen molar-refractivity contribution < 1.29 is 17.6 Å². The van der Waals surface area contributed by atoms with E-state index in [0.29, 0.717) is 0 Å². The number of nitrogens with zero attached hydrogens (tertiary/aromatic N) is 2. The van der Waals surface area contributed by atoms with Crippen molar-refractivity contribution in [1.29, 1.82) is 0 Å². The Morgan fingerprint density at radius 1 is 1.00 bits per heavy atom. The van der Waals surface area contributed by atoms with Gasteiger partial charge in [0.1, 0.15) is 16.1 Å². The van der Waals surface area contributed by atoms with Crippen molar-refractivity contribution in [1.82, 2.24) is 9.97 Å². The number of nitrogens with two attached hydrogens (primary N) is 1. The summed E-state index contributed by atoms with van der Waals surface area (Å²) in [5, 5.41) is 2.04. The molecule has 1 heterocycles. The molecule has 0 unspecified atom stereocenters. The lowest BCUT2D eigenvalue weighted by Gasteiger charge is -2.09. The van der Waals surface area contributed by atoms with Gasteiger partial charge in [-0.1, -0.05) is 0 Å². The molecule has 1 aromatic heterocycles. The highest BCUT2D eigenvalue weighted by molar-refractivity contribution is 9.10. The molecule has 0 amide bonds. The van der Waals surface area contributed by atoms with Gasteiger partial charge in [-0.25, -0.2) is 22.5 Å². The molecule has 3 N–H and O–H groups in total. The molecule has 1 aromatic carbocycles. The number of nitrogen functional groups attached to an aromatic ring is 1. The second-order valence-corrected chi connectivity index (χ2v) is 4.22. The van der Waals surface area contributed by atoms with E-state index in [1.807, 2.05) is 5.32 Å². The number of nitrogens with one attached hydrogen (secondary N) is 1. The fourth-order valence-corrected chi connectivity index (χ4v) is 1.69. The van der Waals surface area contributed by atoms with Crippen LogP contribution in [-0.4, -0.2) is 9.97 Å². The van der Waals surface area contributed by atoms with Crippen LogP contribution < -0.4 is 11.1 Å². The van der Waals surface area contributed by atoms with Crippen LogP contribution in [0.3, 0.4) is 0 Å². The zero-order chi connectivity index (χ0) is 14.2. The summed E-state index contributed by atoms with van der Waals surface area (Å²) in [6.07, 6.45) is 0. The molecular weight excluding hydrogens is 332 g/mol. The fraction of sp³-hybridized carbons (Fsp3) is 0. The van der Waals surface area contributed by atoms with Gasteiger partial charge < -0.3 is 11.1 Å². The van der Waals surface area contributed by atoms with E-state index in [-0.39, 0.29) is 22.4 Å². The van der Waals surface area contributed by atoms with Gasteiger partial charge in [-0.2, -0.15) is 4.98 Å². The lowest BCUT2D eigenvalue weighted by molar-refractivity contribution is 0.459. The Balaban J connectivity index is 2.49. The third-order valence-electron chi connectivity index (χ3n) is 2.06. The summed E-state index contributed by atoms with van der Waals surface area (Å²) in [6.45, 7) is 0. The summed E-state index contributed by atoms with van der Waals surface area (Å²) >= 11 is 2.99. The highest BCUT2D eigenvalue weighted by Crippen LogP contribution is 2.26. The largest absolute Gasteiger partial charge is 0.383 e. The number of hydrogen-bond acceptors (Lipinski definition) is 4. The van der Waals surface area contributed by atoms with E-state index in [1.165, 1.54) is 6.07 Å². The molecule has 19 heavy (non-hydrogen) atoms. The first-order chi connectivity index (χ1) is 8.88. The summed E-state index contributed by atoms with van der Waals surface area (Å²) in [4.78, 5) is 7.33. The van der Waals surface area contributed by atoms with E-state index in [0.717, 1.165) is 0 Å². The monoisotopic (exact) mass is 336 g/mol. The van der Waals surface area contributed by atoms with Gasteiger partial charge in [0.15, 0.2) is 23.3 Å². The van der Waals surface area contributed by atoms with Crippen molar-refractivity contribution in [3.05, 3.63) is 40.0 Å². The minimum atomic E-state index is -1.58. The Kier molecular flexibility index (Phi) is 3.56. The Morgan fingerprint density at radius 3 is 2.11 bits per heavy atom. The fourth-order valence-electron chi connectivity index (χ4n) is 1.29. The molecule has 0 aliphatic rings. The minimum Gasteiger partial charge on any atom is -0.383 e. The van der Waals surface area contributed by atoms with E-state index < -0.39 is 29.0 Å². The van der Waals surface area contributed by atoms with E-state index in [1.54, 1.807) is 0 Å². The van der Waals surface area contributed by atoms with Crippen LogP contribution in [0.25, 0.3) is 0 Å². The molecule has 2 aromatic rings. The number of hydrogen-bond donors (Lipinski definition) is 2. The van der Waals surface area contributed by atoms with Crippen LogP contribution in [0.5, 0.6) is 0 Å². The minimum absolute atomic E-state index is 0.00191.